The van der Waals surface area contributed by atoms with Crippen molar-refractivity contribution in [2.24, 2.45) is 0 Å². The maximum atomic E-state index is 12.9. The largest absolute Gasteiger partial charge is 0.352 e. The predicted octanol–water partition coefficient (Wildman–Crippen LogP) is 2.30. The Hall–Kier alpha value is -2.70. The van der Waals surface area contributed by atoms with E-state index in [9.17, 15) is 9.59 Å². The number of carbonyl (C=O) groups excluding carboxylic acids is 2. The molecule has 0 radical (unpaired) electrons. The molecule has 1 atom stereocenters. The Kier molecular flexibility index (Phi) is 5.65. The quantitative estimate of drug-likeness (QED) is 0.862. The monoisotopic (exact) mass is 355 g/mol. The van der Waals surface area contributed by atoms with E-state index in [2.05, 4.69) is 22.3 Å². The van der Waals surface area contributed by atoms with E-state index in [1.165, 1.54) is 6.92 Å². The number of carbonyl (C=O) groups is 2. The molecule has 0 unspecified atom stereocenters. The van der Waals surface area contributed by atoms with Gasteiger partial charge in [0.25, 0.3) is 5.91 Å². The van der Waals surface area contributed by atoms with Gasteiger partial charge in [0.1, 0.15) is 5.69 Å². The molecule has 26 heavy (non-hydrogen) atoms. The normalized spacial score (nSPS) is 16.7. The van der Waals surface area contributed by atoms with Gasteiger partial charge in [-0.1, -0.05) is 13.0 Å². The van der Waals surface area contributed by atoms with Crippen molar-refractivity contribution in [3.8, 4) is 0 Å². The van der Waals surface area contributed by atoms with Gasteiger partial charge in [-0.2, -0.15) is 5.10 Å². The molecule has 2 amide bonds. The van der Waals surface area contributed by atoms with Crippen LogP contribution in [0.1, 0.15) is 60.9 Å². The van der Waals surface area contributed by atoms with E-state index in [0.29, 0.717) is 12.2 Å². The van der Waals surface area contributed by atoms with Crippen molar-refractivity contribution in [3.63, 3.8) is 0 Å². The number of likely N-dealkylation sites (tertiary alicyclic amines) is 1. The summed E-state index contributed by atoms with van der Waals surface area (Å²) in [6.45, 7) is 5.57. The molecular formula is C19H25N5O2. The van der Waals surface area contributed by atoms with Gasteiger partial charge in [-0.25, -0.2) is 0 Å². The fourth-order valence-electron chi connectivity index (χ4n) is 3.26. The second kappa shape index (κ2) is 8.12. The first kappa shape index (κ1) is 18.1. The average molecular weight is 355 g/mol. The van der Waals surface area contributed by atoms with Crippen molar-refractivity contribution in [1.82, 2.24) is 25.0 Å². The highest BCUT2D eigenvalue weighted by Gasteiger charge is 2.32. The lowest BCUT2D eigenvalue weighted by Gasteiger charge is -2.23. The number of nitrogens with zero attached hydrogens (tertiary/aromatic N) is 4. The smallest absolute Gasteiger partial charge is 0.274 e. The minimum atomic E-state index is -0.0656. The Morgan fingerprint density at radius 2 is 2.15 bits per heavy atom. The molecule has 1 saturated heterocycles. The Bertz CT molecular complexity index is 768. The number of aryl methyl sites for hydroxylation is 1. The molecule has 0 bridgehead atoms. The highest BCUT2D eigenvalue weighted by Crippen LogP contribution is 2.31. The zero-order chi connectivity index (χ0) is 18.5. The first-order chi connectivity index (χ1) is 12.6. The summed E-state index contributed by atoms with van der Waals surface area (Å²) in [5, 5.41) is 7.15. The van der Waals surface area contributed by atoms with Crippen LogP contribution in [0.25, 0.3) is 0 Å². The summed E-state index contributed by atoms with van der Waals surface area (Å²) in [4.78, 5) is 30.3. The van der Waals surface area contributed by atoms with Gasteiger partial charge in [-0.05, 0) is 37.0 Å². The molecule has 2 aromatic rings. The molecule has 1 N–H and O–H groups in total. The Morgan fingerprint density at radius 1 is 1.31 bits per heavy atom. The number of amides is 2. The van der Waals surface area contributed by atoms with Gasteiger partial charge >= 0.3 is 0 Å². The number of hydrogen-bond donors (Lipinski definition) is 1. The van der Waals surface area contributed by atoms with Crippen LogP contribution in [0.3, 0.4) is 0 Å². The first-order valence-corrected chi connectivity index (χ1v) is 9.12. The van der Waals surface area contributed by atoms with Crippen molar-refractivity contribution in [1.29, 1.82) is 0 Å². The summed E-state index contributed by atoms with van der Waals surface area (Å²) in [7, 11) is 0. The van der Waals surface area contributed by atoms with Crippen LogP contribution >= 0.6 is 0 Å². The lowest BCUT2D eigenvalue weighted by molar-refractivity contribution is -0.119. The Labute approximate surface area is 153 Å². The van der Waals surface area contributed by atoms with E-state index in [1.54, 1.807) is 12.3 Å². The predicted molar refractivity (Wildman–Crippen MR) is 97.3 cm³/mol. The molecule has 2 aromatic heterocycles. The van der Waals surface area contributed by atoms with Gasteiger partial charge < -0.3 is 10.2 Å². The molecule has 1 fully saturated rings. The van der Waals surface area contributed by atoms with Crippen molar-refractivity contribution >= 4 is 11.8 Å². The number of aromatic nitrogens is 3. The van der Waals surface area contributed by atoms with Crippen LogP contribution in [0.5, 0.6) is 0 Å². The zero-order valence-corrected chi connectivity index (χ0v) is 15.3. The van der Waals surface area contributed by atoms with Gasteiger partial charge in [-0.15, -0.1) is 0 Å². The van der Waals surface area contributed by atoms with E-state index < -0.39 is 0 Å². The standard InChI is InChI=1S/C19H25N5O2/c1-3-9-23-11-8-17(22-23)19(26)24-10-4-5-18(24)16-7-6-15(13-21-16)12-20-14(2)25/h6-8,11,13,18H,3-5,9-10,12H2,1-2H3,(H,20,25)/t18-/m0/s1. The van der Waals surface area contributed by atoms with Crippen LogP contribution in [0.4, 0.5) is 0 Å². The molecule has 0 saturated carbocycles. The fourth-order valence-corrected chi connectivity index (χ4v) is 3.26. The molecule has 7 nitrogen and oxygen atoms in total. The molecule has 3 rings (SSSR count). The van der Waals surface area contributed by atoms with Crippen LogP contribution in [-0.2, 0) is 17.9 Å². The summed E-state index contributed by atoms with van der Waals surface area (Å²) < 4.78 is 1.81. The summed E-state index contributed by atoms with van der Waals surface area (Å²) in [6, 6.07) is 5.67. The maximum absolute atomic E-state index is 12.9. The lowest BCUT2D eigenvalue weighted by Crippen LogP contribution is -2.31. The van der Waals surface area contributed by atoms with E-state index in [-0.39, 0.29) is 17.9 Å². The van der Waals surface area contributed by atoms with E-state index >= 15 is 0 Å². The van der Waals surface area contributed by atoms with Gasteiger partial charge in [0.15, 0.2) is 0 Å². The Morgan fingerprint density at radius 3 is 2.85 bits per heavy atom. The minimum absolute atomic E-state index is 0.0198. The molecule has 0 aromatic carbocycles. The highest BCUT2D eigenvalue weighted by atomic mass is 16.2. The van der Waals surface area contributed by atoms with Crippen molar-refractivity contribution in [2.45, 2.75) is 52.2 Å². The van der Waals surface area contributed by atoms with Gasteiger partial charge in [0, 0.05) is 39.0 Å². The molecule has 0 aliphatic carbocycles. The lowest BCUT2D eigenvalue weighted by atomic mass is 10.1. The highest BCUT2D eigenvalue weighted by molar-refractivity contribution is 5.92. The first-order valence-electron chi connectivity index (χ1n) is 9.12. The van der Waals surface area contributed by atoms with E-state index in [0.717, 1.165) is 43.6 Å². The van der Waals surface area contributed by atoms with E-state index in [1.807, 2.05) is 27.9 Å². The summed E-state index contributed by atoms with van der Waals surface area (Å²) >= 11 is 0. The molecule has 1 aliphatic heterocycles. The number of hydrogen-bond acceptors (Lipinski definition) is 4. The average Bonchev–Trinajstić information content (AvgIpc) is 3.30. The second-order valence-corrected chi connectivity index (χ2v) is 6.62. The number of nitrogens with one attached hydrogen (secondary N) is 1. The minimum Gasteiger partial charge on any atom is -0.352 e. The number of rotatable bonds is 6. The van der Waals surface area contributed by atoms with Crippen LogP contribution in [0.15, 0.2) is 30.6 Å². The summed E-state index contributed by atoms with van der Waals surface area (Å²) in [5.74, 6) is -0.101. The Balaban J connectivity index is 1.70. The molecule has 138 valence electrons. The van der Waals surface area contributed by atoms with Crippen molar-refractivity contribution in [2.75, 3.05) is 6.54 Å². The van der Waals surface area contributed by atoms with Crippen molar-refractivity contribution in [3.05, 3.63) is 47.5 Å². The third-order valence-electron chi connectivity index (χ3n) is 4.56. The van der Waals surface area contributed by atoms with Crippen molar-refractivity contribution < 1.29 is 9.59 Å². The van der Waals surface area contributed by atoms with Crippen LogP contribution < -0.4 is 5.32 Å². The molecule has 1 aliphatic rings. The topological polar surface area (TPSA) is 80.1 Å². The third kappa shape index (κ3) is 4.09. The fraction of sp³-hybridized carbons (Fsp3) is 0.474. The number of pyridine rings is 1. The SMILES string of the molecule is CCCn1ccc(C(=O)N2CCC[C@H]2c2ccc(CNC(C)=O)cn2)n1. The van der Waals surface area contributed by atoms with Crippen LogP contribution in [0, 0.1) is 0 Å². The van der Waals surface area contributed by atoms with Gasteiger partial charge in [0.05, 0.1) is 11.7 Å². The molecular weight excluding hydrogens is 330 g/mol. The van der Waals surface area contributed by atoms with Crippen LogP contribution in [-0.4, -0.2) is 38.0 Å². The third-order valence-corrected chi connectivity index (χ3v) is 4.56. The second-order valence-electron chi connectivity index (χ2n) is 6.62. The summed E-state index contributed by atoms with van der Waals surface area (Å²) in [6.07, 6.45) is 6.47. The molecule has 3 heterocycles. The molecule has 7 heteroatoms. The van der Waals surface area contributed by atoms with Gasteiger partial charge in [0.2, 0.25) is 5.91 Å². The zero-order valence-electron chi connectivity index (χ0n) is 15.3. The van der Waals surface area contributed by atoms with E-state index in [4.69, 9.17) is 0 Å². The molecule has 0 spiro atoms. The maximum Gasteiger partial charge on any atom is 0.274 e. The van der Waals surface area contributed by atoms with Crippen LogP contribution in [0.2, 0.25) is 0 Å². The summed E-state index contributed by atoms with van der Waals surface area (Å²) in [5.41, 5.74) is 2.32. The van der Waals surface area contributed by atoms with Gasteiger partial charge in [-0.3, -0.25) is 19.3 Å².